The highest BCUT2D eigenvalue weighted by atomic mass is 19.3. The molecule has 124 valence electrons. The fourth-order valence-corrected chi connectivity index (χ4v) is 2.55. The number of ether oxygens (including phenoxy) is 1. The molecule has 1 aliphatic rings. The number of hydrogen-bond donors (Lipinski definition) is 2. The third kappa shape index (κ3) is 4.51. The summed E-state index contributed by atoms with van der Waals surface area (Å²) in [5.41, 5.74) is 0.402. The van der Waals surface area contributed by atoms with Crippen LogP contribution in [0.5, 0.6) is 5.75 Å². The van der Waals surface area contributed by atoms with Gasteiger partial charge in [-0.25, -0.2) is 0 Å². The molecule has 0 aromatic heterocycles. The number of aliphatic carboxylic acids is 1. The van der Waals surface area contributed by atoms with Gasteiger partial charge >= 0.3 is 12.6 Å². The van der Waals surface area contributed by atoms with Crippen LogP contribution in [0.3, 0.4) is 0 Å². The molecule has 1 aromatic carbocycles. The van der Waals surface area contributed by atoms with Crippen molar-refractivity contribution in [3.05, 3.63) is 42.0 Å². The lowest BCUT2D eigenvalue weighted by atomic mass is 9.82. The Balaban J connectivity index is 2.01. The monoisotopic (exact) mass is 325 g/mol. The summed E-state index contributed by atoms with van der Waals surface area (Å²) in [6, 6.07) is 6.14. The molecule has 0 fully saturated rings. The van der Waals surface area contributed by atoms with Crippen molar-refractivity contribution in [1.82, 2.24) is 5.32 Å². The van der Waals surface area contributed by atoms with Gasteiger partial charge in [-0.05, 0) is 18.9 Å². The minimum absolute atomic E-state index is 0.00567. The maximum Gasteiger partial charge on any atom is 0.387 e. The first-order valence-corrected chi connectivity index (χ1v) is 7.17. The van der Waals surface area contributed by atoms with Gasteiger partial charge in [0, 0.05) is 12.1 Å². The Hall–Kier alpha value is -2.44. The van der Waals surface area contributed by atoms with Crippen molar-refractivity contribution in [1.29, 1.82) is 0 Å². The van der Waals surface area contributed by atoms with Gasteiger partial charge in [0.2, 0.25) is 5.91 Å². The summed E-state index contributed by atoms with van der Waals surface area (Å²) in [7, 11) is 0. The fraction of sp³-hybridized carbons (Fsp3) is 0.375. The van der Waals surface area contributed by atoms with Gasteiger partial charge in [-0.2, -0.15) is 8.78 Å². The molecule has 0 heterocycles. The molecule has 23 heavy (non-hydrogen) atoms. The van der Waals surface area contributed by atoms with Crippen molar-refractivity contribution in [2.24, 2.45) is 11.8 Å². The van der Waals surface area contributed by atoms with Crippen molar-refractivity contribution in [3.8, 4) is 5.75 Å². The number of amides is 1. The minimum Gasteiger partial charge on any atom is -0.481 e. The molecule has 0 bridgehead atoms. The number of carboxylic acids is 1. The molecule has 0 radical (unpaired) electrons. The highest BCUT2D eigenvalue weighted by molar-refractivity contribution is 5.85. The van der Waals surface area contributed by atoms with Crippen LogP contribution < -0.4 is 10.1 Å². The maximum atomic E-state index is 12.3. The molecule has 2 N–H and O–H groups in total. The van der Waals surface area contributed by atoms with Crippen molar-refractivity contribution < 1.29 is 28.2 Å². The zero-order chi connectivity index (χ0) is 16.8. The van der Waals surface area contributed by atoms with Crippen LogP contribution in [0.1, 0.15) is 18.4 Å². The predicted octanol–water partition coefficient (Wildman–Crippen LogP) is 2.57. The molecule has 0 saturated carbocycles. The van der Waals surface area contributed by atoms with Gasteiger partial charge in [0.1, 0.15) is 5.75 Å². The van der Waals surface area contributed by atoms with Crippen LogP contribution in [0.25, 0.3) is 0 Å². The highest BCUT2D eigenvalue weighted by Crippen LogP contribution is 2.26. The second-order valence-corrected chi connectivity index (χ2v) is 5.20. The Bertz CT molecular complexity index is 603. The van der Waals surface area contributed by atoms with E-state index in [1.165, 1.54) is 6.07 Å². The summed E-state index contributed by atoms with van der Waals surface area (Å²) >= 11 is 0. The molecule has 0 spiro atoms. The lowest BCUT2D eigenvalue weighted by Gasteiger charge is -2.24. The fourth-order valence-electron chi connectivity index (χ4n) is 2.55. The number of carboxylic acid groups (broad SMARTS) is 1. The van der Waals surface area contributed by atoms with Crippen LogP contribution in [0.2, 0.25) is 0 Å². The first-order chi connectivity index (χ1) is 11.0. The third-order valence-corrected chi connectivity index (χ3v) is 3.73. The lowest BCUT2D eigenvalue weighted by molar-refractivity contribution is -0.147. The summed E-state index contributed by atoms with van der Waals surface area (Å²) in [5.74, 6) is -2.88. The Morgan fingerprint density at radius 2 is 1.87 bits per heavy atom. The van der Waals surface area contributed by atoms with Crippen LogP contribution in [-0.4, -0.2) is 23.6 Å². The van der Waals surface area contributed by atoms with Gasteiger partial charge < -0.3 is 15.2 Å². The van der Waals surface area contributed by atoms with E-state index in [9.17, 15) is 18.4 Å². The Kier molecular flexibility index (Phi) is 5.67. The molecule has 2 atom stereocenters. The number of alkyl halides is 2. The predicted molar refractivity (Wildman–Crippen MR) is 77.9 cm³/mol. The van der Waals surface area contributed by atoms with Crippen LogP contribution in [0, 0.1) is 11.8 Å². The average Bonchev–Trinajstić information content (AvgIpc) is 2.53. The zero-order valence-electron chi connectivity index (χ0n) is 12.2. The minimum atomic E-state index is -2.95. The van der Waals surface area contributed by atoms with E-state index in [0.29, 0.717) is 18.4 Å². The lowest BCUT2D eigenvalue weighted by Crippen LogP contribution is -2.38. The number of carbonyl (C=O) groups is 2. The van der Waals surface area contributed by atoms with Crippen LogP contribution in [-0.2, 0) is 16.1 Å². The van der Waals surface area contributed by atoms with Gasteiger partial charge in [-0.3, -0.25) is 9.59 Å². The van der Waals surface area contributed by atoms with Crippen molar-refractivity contribution in [3.63, 3.8) is 0 Å². The zero-order valence-corrected chi connectivity index (χ0v) is 12.2. The number of carbonyl (C=O) groups excluding carboxylic acids is 1. The van der Waals surface area contributed by atoms with Gasteiger partial charge in [-0.1, -0.05) is 30.4 Å². The van der Waals surface area contributed by atoms with Gasteiger partial charge in [0.25, 0.3) is 0 Å². The van der Waals surface area contributed by atoms with E-state index in [4.69, 9.17) is 5.11 Å². The number of halogens is 2. The van der Waals surface area contributed by atoms with E-state index >= 15 is 0 Å². The average molecular weight is 325 g/mol. The summed E-state index contributed by atoms with van der Waals surface area (Å²) in [6.07, 6.45) is 4.17. The standard InChI is InChI=1S/C16H17F2NO4/c17-16(18)23-13-8-4-1-5-10(13)9-19-14(20)11-6-2-3-7-12(11)15(21)22/h1-5,8,11-12,16H,6-7,9H2,(H,19,20)(H,21,22). The molecule has 2 unspecified atom stereocenters. The van der Waals surface area contributed by atoms with E-state index in [1.54, 1.807) is 30.4 Å². The van der Waals surface area contributed by atoms with E-state index < -0.39 is 30.3 Å². The SMILES string of the molecule is O=C(O)C1CC=CCC1C(=O)NCc1ccccc1OC(F)F. The molecular weight excluding hydrogens is 308 g/mol. The van der Waals surface area contributed by atoms with E-state index in [-0.39, 0.29) is 12.3 Å². The topological polar surface area (TPSA) is 75.6 Å². The summed E-state index contributed by atoms with van der Waals surface area (Å²) in [4.78, 5) is 23.4. The molecule has 1 aromatic rings. The first-order valence-electron chi connectivity index (χ1n) is 7.17. The molecule has 1 aliphatic carbocycles. The first kappa shape index (κ1) is 16.9. The number of nitrogens with one attached hydrogen (secondary N) is 1. The van der Waals surface area contributed by atoms with Crippen LogP contribution in [0.4, 0.5) is 8.78 Å². The van der Waals surface area contributed by atoms with Crippen molar-refractivity contribution >= 4 is 11.9 Å². The third-order valence-electron chi connectivity index (χ3n) is 3.73. The number of rotatable bonds is 6. The Labute approximate surface area is 131 Å². The largest absolute Gasteiger partial charge is 0.481 e. The van der Waals surface area contributed by atoms with Gasteiger partial charge in [-0.15, -0.1) is 0 Å². The number of allylic oxidation sites excluding steroid dienone is 2. The summed E-state index contributed by atoms with van der Waals surface area (Å²) < 4.78 is 29.1. The second kappa shape index (κ2) is 7.71. The van der Waals surface area contributed by atoms with Gasteiger partial charge in [0.05, 0.1) is 11.8 Å². The smallest absolute Gasteiger partial charge is 0.387 e. The molecule has 1 amide bonds. The van der Waals surface area contributed by atoms with Crippen molar-refractivity contribution in [2.75, 3.05) is 0 Å². The van der Waals surface area contributed by atoms with E-state index in [2.05, 4.69) is 10.1 Å². The molecule has 5 nitrogen and oxygen atoms in total. The van der Waals surface area contributed by atoms with Crippen LogP contribution in [0.15, 0.2) is 36.4 Å². The normalized spacial score (nSPS) is 20.3. The Morgan fingerprint density at radius 1 is 1.22 bits per heavy atom. The van der Waals surface area contributed by atoms with Crippen LogP contribution >= 0.6 is 0 Å². The molecular formula is C16H17F2NO4. The molecule has 0 aliphatic heterocycles. The second-order valence-electron chi connectivity index (χ2n) is 5.20. The molecule has 2 rings (SSSR count). The van der Waals surface area contributed by atoms with Gasteiger partial charge in [0.15, 0.2) is 0 Å². The number of benzene rings is 1. The quantitative estimate of drug-likeness (QED) is 0.788. The van der Waals surface area contributed by atoms with Crippen molar-refractivity contribution in [2.45, 2.75) is 26.0 Å². The van der Waals surface area contributed by atoms with E-state index in [1.807, 2.05) is 0 Å². The van der Waals surface area contributed by atoms with E-state index in [0.717, 1.165) is 0 Å². The summed E-state index contributed by atoms with van der Waals surface area (Å²) in [6.45, 7) is -2.96. The summed E-state index contributed by atoms with van der Waals surface area (Å²) in [5, 5.41) is 11.8. The molecule has 0 saturated heterocycles. The number of para-hydroxylation sites is 1. The Morgan fingerprint density at radius 3 is 2.52 bits per heavy atom. The maximum absolute atomic E-state index is 12.3. The molecule has 7 heteroatoms. The highest BCUT2D eigenvalue weighted by Gasteiger charge is 2.33. The number of hydrogen-bond acceptors (Lipinski definition) is 3.